The third-order valence-electron chi connectivity index (χ3n) is 6.92. The minimum atomic E-state index is -0.0713. The molecule has 0 atom stereocenters. The van der Waals surface area contributed by atoms with Crippen LogP contribution in [0.2, 0.25) is 0 Å². The predicted octanol–water partition coefficient (Wildman–Crippen LogP) is 10.5. The van der Waals surface area contributed by atoms with E-state index in [9.17, 15) is 9.59 Å². The first kappa shape index (κ1) is 37.1. The fraction of sp³-hybridized carbons (Fsp3) is 0.938. The number of carbonyl (C=O) groups excluding carboxylic acids is 2. The van der Waals surface area contributed by atoms with Crippen LogP contribution in [-0.2, 0) is 19.1 Å². The Morgan fingerprint density at radius 2 is 0.556 bits per heavy atom. The van der Waals surface area contributed by atoms with Crippen LogP contribution in [0.4, 0.5) is 0 Å². The van der Waals surface area contributed by atoms with Crippen LogP contribution in [0, 0.1) is 0 Å². The lowest BCUT2D eigenvalue weighted by molar-refractivity contribution is -0.141. The van der Waals surface area contributed by atoms with Crippen LogP contribution < -0.4 is 0 Å². The molecule has 0 heterocycles. The van der Waals surface area contributed by atoms with Gasteiger partial charge < -0.3 is 9.47 Å². The molecule has 0 bridgehead atoms. The second-order valence-corrected chi connectivity index (χ2v) is 10.4. The highest BCUT2D eigenvalue weighted by atomic mass is 16.5. The third-order valence-corrected chi connectivity index (χ3v) is 6.92. The van der Waals surface area contributed by atoms with Gasteiger partial charge in [-0.3, -0.25) is 9.59 Å². The minimum absolute atomic E-state index is 0.0651. The van der Waals surface area contributed by atoms with Gasteiger partial charge >= 0.3 is 11.9 Å². The van der Waals surface area contributed by atoms with E-state index in [4.69, 9.17) is 0 Å². The Bertz CT molecular complexity index is 436. The van der Waals surface area contributed by atoms with Crippen LogP contribution >= 0.6 is 0 Å². The van der Waals surface area contributed by atoms with Gasteiger partial charge in [-0.1, -0.05) is 155 Å². The lowest BCUT2D eigenvalue weighted by Gasteiger charge is -2.03. The fourth-order valence-electron chi connectivity index (χ4n) is 4.42. The molecular weight excluding hydrogens is 448 g/mol. The van der Waals surface area contributed by atoms with E-state index in [1.165, 1.54) is 155 Å². The zero-order chi connectivity index (χ0) is 27.0. The SMILES string of the molecule is CCCCCCCCCCCC(=O)OC.CCCCCCCCCCCCCCCCCC(=O)OC. The van der Waals surface area contributed by atoms with E-state index in [-0.39, 0.29) is 11.9 Å². The van der Waals surface area contributed by atoms with Crippen LogP contribution in [0.25, 0.3) is 0 Å². The first-order valence-electron chi connectivity index (χ1n) is 15.8. The summed E-state index contributed by atoms with van der Waals surface area (Å²) in [7, 11) is 2.92. The van der Waals surface area contributed by atoms with Crippen molar-refractivity contribution in [2.45, 2.75) is 181 Å². The number of unbranched alkanes of at least 4 members (excludes halogenated alkanes) is 22. The summed E-state index contributed by atoms with van der Waals surface area (Å²) in [6.07, 6.45) is 33.1. The maximum atomic E-state index is 10.9. The van der Waals surface area contributed by atoms with Crippen molar-refractivity contribution in [3.8, 4) is 0 Å². The first-order valence-corrected chi connectivity index (χ1v) is 15.8. The summed E-state index contributed by atoms with van der Waals surface area (Å²) in [5.41, 5.74) is 0. The van der Waals surface area contributed by atoms with E-state index in [0.29, 0.717) is 12.8 Å². The average Bonchev–Trinajstić information content (AvgIpc) is 2.89. The Labute approximate surface area is 226 Å². The third kappa shape index (κ3) is 35.1. The molecule has 4 nitrogen and oxygen atoms in total. The molecule has 0 unspecified atom stereocenters. The van der Waals surface area contributed by atoms with E-state index in [1.54, 1.807) is 0 Å². The highest BCUT2D eigenvalue weighted by Gasteiger charge is 2.00. The van der Waals surface area contributed by atoms with E-state index >= 15 is 0 Å². The molecule has 0 fully saturated rings. The predicted molar refractivity (Wildman–Crippen MR) is 155 cm³/mol. The van der Waals surface area contributed by atoms with Crippen LogP contribution in [0.1, 0.15) is 181 Å². The van der Waals surface area contributed by atoms with Gasteiger partial charge in [0.05, 0.1) is 14.2 Å². The second kappa shape index (κ2) is 33.9. The van der Waals surface area contributed by atoms with Crippen molar-refractivity contribution in [1.29, 1.82) is 0 Å². The highest BCUT2D eigenvalue weighted by Crippen LogP contribution is 2.14. The van der Waals surface area contributed by atoms with Crippen molar-refractivity contribution in [3.05, 3.63) is 0 Å². The molecule has 0 amide bonds. The minimum Gasteiger partial charge on any atom is -0.469 e. The molecule has 0 aromatic heterocycles. The van der Waals surface area contributed by atoms with Gasteiger partial charge in [0.25, 0.3) is 0 Å². The lowest BCUT2D eigenvalue weighted by atomic mass is 10.0. The molecule has 0 aliphatic carbocycles. The average molecular weight is 513 g/mol. The van der Waals surface area contributed by atoms with E-state index in [0.717, 1.165) is 12.8 Å². The number of methoxy groups -OCH3 is 2. The van der Waals surface area contributed by atoms with Crippen LogP contribution in [0.5, 0.6) is 0 Å². The molecule has 0 N–H and O–H groups in total. The molecule has 0 saturated heterocycles. The van der Waals surface area contributed by atoms with Gasteiger partial charge in [0.15, 0.2) is 0 Å². The van der Waals surface area contributed by atoms with Gasteiger partial charge in [-0.2, -0.15) is 0 Å². The van der Waals surface area contributed by atoms with Crippen LogP contribution in [0.3, 0.4) is 0 Å². The standard InChI is InChI=1S/C19H38O2.C13H26O2/c1-3-4-5-6-7-8-9-10-11-12-13-14-15-16-17-18-19(20)21-2;1-3-4-5-6-7-8-9-10-11-12-13(14)15-2/h3-18H2,1-2H3;3-12H2,1-2H3. The van der Waals surface area contributed by atoms with E-state index in [1.807, 2.05) is 0 Å². The van der Waals surface area contributed by atoms with Crippen molar-refractivity contribution in [3.63, 3.8) is 0 Å². The Balaban J connectivity index is 0. The topological polar surface area (TPSA) is 52.6 Å². The summed E-state index contributed by atoms with van der Waals surface area (Å²) in [6, 6.07) is 0. The van der Waals surface area contributed by atoms with Gasteiger partial charge in [0, 0.05) is 12.8 Å². The normalized spacial score (nSPS) is 10.6. The van der Waals surface area contributed by atoms with Gasteiger partial charge in [-0.05, 0) is 12.8 Å². The maximum absolute atomic E-state index is 10.9. The number of rotatable bonds is 26. The van der Waals surface area contributed by atoms with Gasteiger partial charge in [-0.25, -0.2) is 0 Å². The van der Waals surface area contributed by atoms with E-state index in [2.05, 4.69) is 23.3 Å². The molecule has 0 aliphatic rings. The van der Waals surface area contributed by atoms with Crippen LogP contribution in [-0.4, -0.2) is 26.2 Å². The monoisotopic (exact) mass is 512 g/mol. The Kier molecular flexibility index (Phi) is 35.0. The molecule has 0 spiro atoms. The lowest BCUT2D eigenvalue weighted by Crippen LogP contribution is -1.99. The fourth-order valence-corrected chi connectivity index (χ4v) is 4.42. The summed E-state index contributed by atoms with van der Waals surface area (Å²) in [6.45, 7) is 4.52. The molecule has 0 aliphatic heterocycles. The van der Waals surface area contributed by atoms with Crippen molar-refractivity contribution in [1.82, 2.24) is 0 Å². The molecule has 216 valence electrons. The molecule has 0 aromatic carbocycles. The van der Waals surface area contributed by atoms with Crippen molar-refractivity contribution >= 4 is 11.9 Å². The molecular formula is C32H64O4. The van der Waals surface area contributed by atoms with Gasteiger partial charge in [0.2, 0.25) is 0 Å². The summed E-state index contributed by atoms with van der Waals surface area (Å²) < 4.78 is 9.21. The summed E-state index contributed by atoms with van der Waals surface area (Å²) in [4.78, 5) is 21.7. The van der Waals surface area contributed by atoms with Gasteiger partial charge in [-0.15, -0.1) is 0 Å². The van der Waals surface area contributed by atoms with Gasteiger partial charge in [0.1, 0.15) is 0 Å². The van der Waals surface area contributed by atoms with Crippen molar-refractivity contribution in [2.75, 3.05) is 14.2 Å². The molecule has 0 aromatic rings. The molecule has 0 rings (SSSR count). The Morgan fingerprint density at radius 3 is 0.750 bits per heavy atom. The number of esters is 2. The maximum Gasteiger partial charge on any atom is 0.305 e. The molecule has 0 radical (unpaired) electrons. The zero-order valence-corrected chi connectivity index (χ0v) is 25.0. The number of hydrogen-bond acceptors (Lipinski definition) is 4. The highest BCUT2D eigenvalue weighted by molar-refractivity contribution is 5.69. The largest absolute Gasteiger partial charge is 0.469 e. The number of carbonyl (C=O) groups is 2. The molecule has 0 saturated carbocycles. The molecule has 4 heteroatoms. The van der Waals surface area contributed by atoms with Crippen LogP contribution in [0.15, 0.2) is 0 Å². The quantitative estimate of drug-likeness (QED) is 0.0854. The summed E-state index contributed by atoms with van der Waals surface area (Å²) in [5.74, 6) is -0.136. The summed E-state index contributed by atoms with van der Waals surface area (Å²) >= 11 is 0. The number of ether oxygens (including phenoxy) is 2. The Morgan fingerprint density at radius 1 is 0.361 bits per heavy atom. The van der Waals surface area contributed by atoms with Crippen molar-refractivity contribution in [2.24, 2.45) is 0 Å². The first-order chi connectivity index (χ1) is 17.6. The Hall–Kier alpha value is -1.06. The van der Waals surface area contributed by atoms with Crippen molar-refractivity contribution < 1.29 is 19.1 Å². The smallest absolute Gasteiger partial charge is 0.305 e. The molecule has 36 heavy (non-hydrogen) atoms. The second-order valence-electron chi connectivity index (χ2n) is 10.4. The zero-order valence-electron chi connectivity index (χ0n) is 25.0. The summed E-state index contributed by atoms with van der Waals surface area (Å²) in [5, 5.41) is 0. The number of hydrogen-bond donors (Lipinski definition) is 0. The van der Waals surface area contributed by atoms with E-state index < -0.39 is 0 Å².